The van der Waals surface area contributed by atoms with Crippen LogP contribution >= 0.6 is 27.5 Å². The molecule has 0 saturated carbocycles. The molecule has 0 amide bonds. The first-order valence-electron chi connectivity index (χ1n) is 2.73. The van der Waals surface area contributed by atoms with Crippen LogP contribution in [0.1, 0.15) is 5.56 Å². The van der Waals surface area contributed by atoms with Crippen LogP contribution in [0.15, 0.2) is 16.6 Å². The quantitative estimate of drug-likeness (QED) is 0.590. The lowest BCUT2D eigenvalue weighted by Crippen LogP contribution is -1.83. The topological polar surface area (TPSA) is 0 Å². The maximum atomic E-state index is 12.8. The summed E-state index contributed by atoms with van der Waals surface area (Å²) in [4.78, 5) is 0. The second kappa shape index (κ2) is 2.89. The number of benzene rings is 1. The van der Waals surface area contributed by atoms with Crippen molar-refractivity contribution in [2.75, 3.05) is 0 Å². The first kappa shape index (κ1) is 8.02. The largest absolute Gasteiger partial charge is 0.205 e. The Balaban J connectivity index is 3.34. The van der Waals surface area contributed by atoms with Crippen molar-refractivity contribution >= 4 is 27.5 Å². The van der Waals surface area contributed by atoms with Gasteiger partial charge in [0.1, 0.15) is 5.82 Å². The minimum atomic E-state index is -0.351. The Bertz CT molecular complexity index is 233. The van der Waals surface area contributed by atoms with Gasteiger partial charge in [-0.1, -0.05) is 27.5 Å². The van der Waals surface area contributed by atoms with Crippen LogP contribution in [0.5, 0.6) is 0 Å². The van der Waals surface area contributed by atoms with Crippen molar-refractivity contribution in [3.63, 3.8) is 0 Å². The standard InChI is InChI=1S/C7H5BrClF/c1-4-5(8)2-3-6(9)7(4)10/h2-3H,1H3. The summed E-state index contributed by atoms with van der Waals surface area (Å²) >= 11 is 8.67. The molecular weight excluding hydrogens is 218 g/mol. The van der Waals surface area contributed by atoms with Gasteiger partial charge in [-0.15, -0.1) is 0 Å². The maximum absolute atomic E-state index is 12.8. The normalized spacial score (nSPS) is 10.0. The summed E-state index contributed by atoms with van der Waals surface area (Å²) in [5, 5.41) is 0.167. The Morgan fingerprint density at radius 2 is 2.10 bits per heavy atom. The van der Waals surface area contributed by atoms with Gasteiger partial charge in [0.15, 0.2) is 0 Å². The number of halogens is 3. The zero-order chi connectivity index (χ0) is 7.72. The lowest BCUT2D eigenvalue weighted by Gasteiger charge is -1.99. The van der Waals surface area contributed by atoms with Gasteiger partial charge in [0.25, 0.3) is 0 Å². The number of hydrogen-bond donors (Lipinski definition) is 0. The highest BCUT2D eigenvalue weighted by Crippen LogP contribution is 2.24. The zero-order valence-corrected chi connectivity index (χ0v) is 7.63. The molecule has 0 aliphatic rings. The van der Waals surface area contributed by atoms with Crippen LogP contribution in [0.3, 0.4) is 0 Å². The molecular formula is C7H5BrClF. The summed E-state index contributed by atoms with van der Waals surface area (Å²) in [7, 11) is 0. The van der Waals surface area contributed by atoms with E-state index in [2.05, 4.69) is 15.9 Å². The molecule has 0 heterocycles. The van der Waals surface area contributed by atoms with Crippen LogP contribution in [0.4, 0.5) is 4.39 Å². The average molecular weight is 223 g/mol. The fraction of sp³-hybridized carbons (Fsp3) is 0.143. The minimum Gasteiger partial charge on any atom is -0.205 e. The van der Waals surface area contributed by atoms with Gasteiger partial charge in [0.05, 0.1) is 5.02 Å². The summed E-state index contributed by atoms with van der Waals surface area (Å²) in [6.45, 7) is 1.67. The van der Waals surface area contributed by atoms with Gasteiger partial charge in [0.2, 0.25) is 0 Å². The molecule has 0 N–H and O–H groups in total. The van der Waals surface area contributed by atoms with E-state index in [1.807, 2.05) is 0 Å². The summed E-state index contributed by atoms with van der Waals surface area (Å²) in [6, 6.07) is 3.24. The summed E-state index contributed by atoms with van der Waals surface area (Å²) in [6.07, 6.45) is 0. The number of rotatable bonds is 0. The van der Waals surface area contributed by atoms with Crippen molar-refractivity contribution in [3.8, 4) is 0 Å². The average Bonchev–Trinajstić information content (AvgIpc) is 1.93. The fourth-order valence-corrected chi connectivity index (χ4v) is 1.14. The van der Waals surface area contributed by atoms with Crippen molar-refractivity contribution in [1.82, 2.24) is 0 Å². The highest BCUT2D eigenvalue weighted by atomic mass is 79.9. The Hall–Kier alpha value is -0.0800. The Morgan fingerprint density at radius 1 is 1.50 bits per heavy atom. The Labute approximate surface area is 72.1 Å². The third-order valence-electron chi connectivity index (χ3n) is 1.27. The zero-order valence-electron chi connectivity index (χ0n) is 5.29. The molecule has 1 aromatic rings. The SMILES string of the molecule is Cc1c(Br)ccc(Cl)c1F. The molecule has 54 valence electrons. The van der Waals surface area contributed by atoms with Crippen LogP contribution in [-0.2, 0) is 0 Å². The first-order valence-corrected chi connectivity index (χ1v) is 3.90. The van der Waals surface area contributed by atoms with E-state index in [-0.39, 0.29) is 10.8 Å². The predicted octanol–water partition coefficient (Wildman–Crippen LogP) is 3.55. The molecule has 10 heavy (non-hydrogen) atoms. The Kier molecular flexibility index (Phi) is 2.32. The van der Waals surface area contributed by atoms with Gasteiger partial charge in [0, 0.05) is 10.0 Å². The van der Waals surface area contributed by atoms with Crippen molar-refractivity contribution in [2.45, 2.75) is 6.92 Å². The monoisotopic (exact) mass is 222 g/mol. The van der Waals surface area contributed by atoms with E-state index in [1.54, 1.807) is 13.0 Å². The van der Waals surface area contributed by atoms with Crippen LogP contribution in [-0.4, -0.2) is 0 Å². The van der Waals surface area contributed by atoms with Crippen molar-refractivity contribution in [3.05, 3.63) is 33.0 Å². The lowest BCUT2D eigenvalue weighted by molar-refractivity contribution is 0.618. The van der Waals surface area contributed by atoms with E-state index in [9.17, 15) is 4.39 Å². The minimum absolute atomic E-state index is 0.167. The third kappa shape index (κ3) is 1.32. The molecule has 3 heteroatoms. The van der Waals surface area contributed by atoms with Gasteiger partial charge >= 0.3 is 0 Å². The van der Waals surface area contributed by atoms with Gasteiger partial charge in [-0.2, -0.15) is 0 Å². The molecule has 0 nitrogen and oxygen atoms in total. The smallest absolute Gasteiger partial charge is 0.145 e. The summed E-state index contributed by atoms with van der Waals surface area (Å²) in [5.74, 6) is -0.351. The third-order valence-corrected chi connectivity index (χ3v) is 2.42. The van der Waals surface area contributed by atoms with E-state index in [4.69, 9.17) is 11.6 Å². The van der Waals surface area contributed by atoms with Crippen LogP contribution in [0.2, 0.25) is 5.02 Å². The molecule has 1 rings (SSSR count). The Morgan fingerprint density at radius 3 is 2.60 bits per heavy atom. The lowest BCUT2D eigenvalue weighted by atomic mass is 10.2. The van der Waals surface area contributed by atoms with Crippen LogP contribution in [0.25, 0.3) is 0 Å². The van der Waals surface area contributed by atoms with Crippen LogP contribution in [0, 0.1) is 12.7 Å². The maximum Gasteiger partial charge on any atom is 0.145 e. The van der Waals surface area contributed by atoms with E-state index in [0.717, 1.165) is 4.47 Å². The second-order valence-corrected chi connectivity index (χ2v) is 3.23. The van der Waals surface area contributed by atoms with Crippen LogP contribution < -0.4 is 0 Å². The second-order valence-electron chi connectivity index (χ2n) is 1.97. The van der Waals surface area contributed by atoms with Gasteiger partial charge in [-0.25, -0.2) is 4.39 Å². The summed E-state index contributed by atoms with van der Waals surface area (Å²) < 4.78 is 13.6. The molecule has 0 saturated heterocycles. The molecule has 0 fully saturated rings. The molecule has 0 bridgehead atoms. The fourth-order valence-electron chi connectivity index (χ4n) is 0.628. The summed E-state index contributed by atoms with van der Waals surface area (Å²) in [5.41, 5.74) is 0.549. The highest BCUT2D eigenvalue weighted by molar-refractivity contribution is 9.10. The number of hydrogen-bond acceptors (Lipinski definition) is 0. The molecule has 0 spiro atoms. The van der Waals surface area contributed by atoms with E-state index < -0.39 is 0 Å². The predicted molar refractivity (Wildman–Crippen MR) is 43.8 cm³/mol. The molecule has 0 aliphatic heterocycles. The van der Waals surface area contributed by atoms with Gasteiger partial charge < -0.3 is 0 Å². The van der Waals surface area contributed by atoms with E-state index in [1.165, 1.54) is 6.07 Å². The highest BCUT2D eigenvalue weighted by Gasteiger charge is 2.04. The molecule has 1 aromatic carbocycles. The first-order chi connectivity index (χ1) is 4.63. The van der Waals surface area contributed by atoms with Crippen molar-refractivity contribution in [1.29, 1.82) is 0 Å². The van der Waals surface area contributed by atoms with Crippen molar-refractivity contribution in [2.24, 2.45) is 0 Å². The molecule has 0 radical (unpaired) electrons. The molecule has 0 atom stereocenters. The van der Waals surface area contributed by atoms with Gasteiger partial charge in [-0.05, 0) is 19.1 Å². The molecule has 0 unspecified atom stereocenters. The van der Waals surface area contributed by atoms with Crippen molar-refractivity contribution < 1.29 is 4.39 Å². The van der Waals surface area contributed by atoms with E-state index >= 15 is 0 Å². The van der Waals surface area contributed by atoms with Gasteiger partial charge in [-0.3, -0.25) is 0 Å². The molecule has 0 aliphatic carbocycles. The van der Waals surface area contributed by atoms with E-state index in [0.29, 0.717) is 5.56 Å². The molecule has 0 aromatic heterocycles.